The Balaban J connectivity index is 2.06. The lowest BCUT2D eigenvalue weighted by molar-refractivity contribution is -0.127. The molecule has 0 aliphatic rings. The van der Waals surface area contributed by atoms with Crippen molar-refractivity contribution >= 4 is 16.8 Å². The van der Waals surface area contributed by atoms with Gasteiger partial charge in [-0.3, -0.25) is 4.79 Å². The summed E-state index contributed by atoms with van der Waals surface area (Å²) in [5.41, 5.74) is 11.6. The van der Waals surface area contributed by atoms with Crippen molar-refractivity contribution in [3.63, 3.8) is 0 Å². The lowest BCUT2D eigenvalue weighted by Crippen LogP contribution is -2.43. The summed E-state index contributed by atoms with van der Waals surface area (Å²) in [4.78, 5) is 16.3. The van der Waals surface area contributed by atoms with Gasteiger partial charge in [0.25, 0.3) is 0 Å². The van der Waals surface area contributed by atoms with Crippen molar-refractivity contribution in [2.75, 3.05) is 34.0 Å². The fraction of sp³-hybridized carbons (Fsp3) is 0.710. The first-order valence-electron chi connectivity index (χ1n) is 14.4. The molecule has 0 saturated carbocycles. The third-order valence-corrected chi connectivity index (χ3v) is 7.93. The molecule has 0 aliphatic carbocycles. The van der Waals surface area contributed by atoms with E-state index in [2.05, 4.69) is 49.3 Å². The Hall–Kier alpha value is -1.93. The molecule has 1 aromatic heterocycles. The van der Waals surface area contributed by atoms with E-state index >= 15 is 0 Å². The predicted molar refractivity (Wildman–Crippen MR) is 156 cm³/mol. The van der Waals surface area contributed by atoms with Crippen molar-refractivity contribution in [1.82, 2.24) is 10.3 Å². The van der Waals surface area contributed by atoms with Gasteiger partial charge in [0.1, 0.15) is 0 Å². The van der Waals surface area contributed by atoms with Crippen LogP contribution in [0.4, 0.5) is 0 Å². The number of carbonyl (C=O) groups excluding carboxylic acids is 1. The maximum atomic E-state index is 12.8. The number of rotatable bonds is 18. The van der Waals surface area contributed by atoms with Gasteiger partial charge >= 0.3 is 0 Å². The van der Waals surface area contributed by atoms with E-state index in [0.717, 1.165) is 32.3 Å². The van der Waals surface area contributed by atoms with Crippen molar-refractivity contribution in [3.8, 4) is 0 Å². The van der Waals surface area contributed by atoms with Crippen LogP contribution in [0.2, 0.25) is 0 Å². The summed E-state index contributed by atoms with van der Waals surface area (Å²) in [7, 11) is 3.40. The fourth-order valence-electron chi connectivity index (χ4n) is 5.35. The number of hydrogen-bond donors (Lipinski definition) is 4. The first-order valence-corrected chi connectivity index (χ1v) is 14.4. The van der Waals surface area contributed by atoms with Crippen LogP contribution in [0.5, 0.6) is 0 Å². The number of benzene rings is 1. The molecule has 2 aromatic rings. The van der Waals surface area contributed by atoms with Crippen LogP contribution in [0.25, 0.3) is 10.9 Å². The molecular formula is C31H53N3O4. The molecule has 2 rings (SSSR count). The molecule has 5 N–H and O–H groups in total. The van der Waals surface area contributed by atoms with Crippen LogP contribution in [0.15, 0.2) is 18.2 Å². The Morgan fingerprint density at radius 3 is 2.37 bits per heavy atom. The average molecular weight is 532 g/mol. The Morgan fingerprint density at radius 1 is 1.05 bits per heavy atom. The summed E-state index contributed by atoms with van der Waals surface area (Å²) in [6.45, 7) is 12.6. The molecule has 1 heterocycles. The molecule has 0 fully saturated rings. The number of carbonyl (C=O) groups is 1. The molecule has 0 unspecified atom stereocenters. The first-order chi connectivity index (χ1) is 18.1. The smallest absolute Gasteiger partial charge is 0.223 e. The van der Waals surface area contributed by atoms with Crippen LogP contribution in [-0.2, 0) is 27.1 Å². The van der Waals surface area contributed by atoms with Crippen LogP contribution in [0.1, 0.15) is 70.2 Å². The van der Waals surface area contributed by atoms with E-state index in [1.807, 2.05) is 13.8 Å². The van der Waals surface area contributed by atoms with Gasteiger partial charge in [0, 0.05) is 62.5 Å². The van der Waals surface area contributed by atoms with Gasteiger partial charge in [0.15, 0.2) is 0 Å². The molecular weight excluding hydrogens is 478 g/mol. The van der Waals surface area contributed by atoms with Crippen LogP contribution in [0, 0.1) is 30.6 Å². The molecule has 0 aliphatic heterocycles. The van der Waals surface area contributed by atoms with E-state index in [4.69, 9.17) is 15.2 Å². The number of nitrogens with one attached hydrogen (secondary N) is 2. The number of aliphatic hydroxyl groups excluding tert-OH is 1. The Labute approximate surface area is 230 Å². The number of H-pyrrole nitrogens is 1. The molecule has 1 amide bonds. The summed E-state index contributed by atoms with van der Waals surface area (Å²) in [5, 5.41) is 15.3. The van der Waals surface area contributed by atoms with Gasteiger partial charge < -0.3 is 30.6 Å². The number of hydrogen-bond acceptors (Lipinski definition) is 5. The van der Waals surface area contributed by atoms with E-state index in [9.17, 15) is 9.90 Å². The van der Waals surface area contributed by atoms with Gasteiger partial charge in [0.05, 0.1) is 6.10 Å². The maximum absolute atomic E-state index is 12.8. The molecule has 7 heteroatoms. The zero-order chi connectivity index (χ0) is 28.2. The number of amides is 1. The lowest BCUT2D eigenvalue weighted by Gasteiger charge is -2.30. The number of nitrogens with two attached hydrogens (primary N) is 1. The maximum Gasteiger partial charge on any atom is 0.223 e. The van der Waals surface area contributed by atoms with Crippen molar-refractivity contribution in [2.45, 2.75) is 85.3 Å². The Morgan fingerprint density at radius 2 is 1.74 bits per heavy atom. The third-order valence-electron chi connectivity index (χ3n) is 7.93. The molecule has 0 saturated heterocycles. The molecule has 38 heavy (non-hydrogen) atoms. The monoisotopic (exact) mass is 531 g/mol. The lowest BCUT2D eigenvalue weighted by atomic mass is 9.80. The second-order valence-corrected chi connectivity index (χ2v) is 11.6. The quantitative estimate of drug-likeness (QED) is 0.207. The van der Waals surface area contributed by atoms with E-state index in [-0.39, 0.29) is 23.8 Å². The van der Waals surface area contributed by atoms with Gasteiger partial charge in [0.2, 0.25) is 5.91 Å². The minimum absolute atomic E-state index is 0.0147. The van der Waals surface area contributed by atoms with Crippen LogP contribution in [-0.4, -0.2) is 62.1 Å². The number of aromatic amines is 1. The van der Waals surface area contributed by atoms with Crippen LogP contribution < -0.4 is 11.1 Å². The SMILES string of the molecule is COCCCNC(=O)[C@@H](C[C@H](O)[C@@H](N)C[C@H](Cc1ccc2[nH]c(C)c(CCCOC)c2c1)C(C)C)C(C)C. The normalized spacial score (nSPS) is 15.2. The number of aryl methyl sites for hydroxylation is 2. The largest absolute Gasteiger partial charge is 0.391 e. The number of fused-ring (bicyclic) bond motifs is 1. The van der Waals surface area contributed by atoms with Crippen molar-refractivity contribution in [1.29, 1.82) is 0 Å². The van der Waals surface area contributed by atoms with Crippen LogP contribution >= 0.6 is 0 Å². The zero-order valence-corrected chi connectivity index (χ0v) is 24.8. The molecule has 0 radical (unpaired) electrons. The molecule has 0 bridgehead atoms. The van der Waals surface area contributed by atoms with Crippen molar-refractivity contribution in [2.24, 2.45) is 29.4 Å². The molecule has 0 spiro atoms. The summed E-state index contributed by atoms with van der Waals surface area (Å²) in [6, 6.07) is 6.33. The summed E-state index contributed by atoms with van der Waals surface area (Å²) in [5.74, 6) is 0.582. The fourth-order valence-corrected chi connectivity index (χ4v) is 5.35. The first kappa shape index (κ1) is 32.3. The Kier molecular flexibility index (Phi) is 13.8. The minimum atomic E-state index is -0.726. The van der Waals surface area contributed by atoms with Gasteiger partial charge in [-0.1, -0.05) is 33.8 Å². The number of aromatic nitrogens is 1. The molecule has 216 valence electrons. The molecule has 4 atom stereocenters. The van der Waals surface area contributed by atoms with Crippen LogP contribution in [0.3, 0.4) is 0 Å². The summed E-state index contributed by atoms with van der Waals surface area (Å²) < 4.78 is 10.3. The summed E-state index contributed by atoms with van der Waals surface area (Å²) in [6.07, 6.45) is 4.03. The summed E-state index contributed by atoms with van der Waals surface area (Å²) >= 11 is 0. The van der Waals surface area contributed by atoms with E-state index in [0.29, 0.717) is 37.8 Å². The number of methoxy groups -OCH3 is 2. The van der Waals surface area contributed by atoms with Gasteiger partial charge in [-0.15, -0.1) is 0 Å². The second kappa shape index (κ2) is 16.2. The average Bonchev–Trinajstić information content (AvgIpc) is 3.18. The van der Waals surface area contributed by atoms with E-state index in [1.54, 1.807) is 14.2 Å². The Bertz CT molecular complexity index is 971. The second-order valence-electron chi connectivity index (χ2n) is 11.6. The minimum Gasteiger partial charge on any atom is -0.391 e. The molecule has 1 aromatic carbocycles. The highest BCUT2D eigenvalue weighted by molar-refractivity contribution is 5.85. The van der Waals surface area contributed by atoms with Crippen molar-refractivity contribution in [3.05, 3.63) is 35.0 Å². The van der Waals surface area contributed by atoms with E-state index < -0.39 is 6.10 Å². The number of aliphatic hydroxyl groups is 1. The highest BCUT2D eigenvalue weighted by atomic mass is 16.5. The predicted octanol–water partition coefficient (Wildman–Crippen LogP) is 4.76. The topological polar surface area (TPSA) is 110 Å². The third kappa shape index (κ3) is 9.67. The highest BCUT2D eigenvalue weighted by Gasteiger charge is 2.29. The van der Waals surface area contributed by atoms with Crippen molar-refractivity contribution < 1.29 is 19.4 Å². The van der Waals surface area contributed by atoms with Gasteiger partial charge in [-0.25, -0.2) is 0 Å². The van der Waals surface area contributed by atoms with Gasteiger partial charge in [-0.05, 0) is 86.5 Å². The standard InChI is InChI=1S/C31H53N3O4/c1-20(2)24(16-23-11-12-29-27(17-23)25(22(5)34-29)10-8-14-37-6)18-28(32)30(35)19-26(21(3)4)31(36)33-13-9-15-38-7/h11-12,17,20-21,24,26,28,30,34-35H,8-10,13-16,18-19,32H2,1-7H3,(H,33,36)/t24-,26-,28-,30-/m0/s1. The molecule has 7 nitrogen and oxygen atoms in total. The zero-order valence-electron chi connectivity index (χ0n) is 24.8. The highest BCUT2D eigenvalue weighted by Crippen LogP contribution is 2.29. The van der Waals surface area contributed by atoms with E-state index in [1.165, 1.54) is 27.7 Å². The number of ether oxygens (including phenoxy) is 2. The van der Waals surface area contributed by atoms with Gasteiger partial charge in [-0.2, -0.15) is 0 Å².